The lowest BCUT2D eigenvalue weighted by Crippen LogP contribution is -2.22. The fourth-order valence-corrected chi connectivity index (χ4v) is 4.62. The van der Waals surface area contributed by atoms with Gasteiger partial charge in [0, 0.05) is 36.6 Å². The molecule has 156 valence electrons. The van der Waals surface area contributed by atoms with Crippen molar-refractivity contribution in [3.05, 3.63) is 34.4 Å². The van der Waals surface area contributed by atoms with Crippen molar-refractivity contribution >= 4 is 40.2 Å². The van der Waals surface area contributed by atoms with Gasteiger partial charge in [-0.1, -0.05) is 29.4 Å². The first-order valence-electron chi connectivity index (χ1n) is 9.13. The number of thioether (sulfide) groups is 1. The summed E-state index contributed by atoms with van der Waals surface area (Å²) in [5, 5.41) is 19.7. The summed E-state index contributed by atoms with van der Waals surface area (Å²) >= 11 is 7.27. The highest BCUT2D eigenvalue weighted by molar-refractivity contribution is 8.14. The minimum Gasteiger partial charge on any atom is -0.507 e. The lowest BCUT2D eigenvalue weighted by Gasteiger charge is -2.17. The number of rotatable bonds is 1. The second-order valence-corrected chi connectivity index (χ2v) is 8.90. The maximum Gasteiger partial charge on any atom is 0.342 e. The van der Waals surface area contributed by atoms with E-state index in [1.807, 2.05) is 0 Å². The predicted molar refractivity (Wildman–Crippen MR) is 107 cm³/mol. The number of benzene rings is 1. The van der Waals surface area contributed by atoms with Crippen molar-refractivity contribution in [2.24, 2.45) is 0 Å². The van der Waals surface area contributed by atoms with Gasteiger partial charge in [-0.05, 0) is 19.4 Å². The van der Waals surface area contributed by atoms with Crippen molar-refractivity contribution in [2.75, 3.05) is 0 Å². The minimum atomic E-state index is -0.840. The molecule has 0 aromatic heterocycles. The van der Waals surface area contributed by atoms with E-state index in [2.05, 4.69) is 0 Å². The predicted octanol–water partition coefficient (Wildman–Crippen LogP) is 3.17. The van der Waals surface area contributed by atoms with Crippen LogP contribution >= 0.6 is 23.4 Å². The van der Waals surface area contributed by atoms with Gasteiger partial charge in [0.2, 0.25) is 0 Å². The fraction of sp³-hybridized carbons (Fsp3) is 0.450. The number of halogens is 1. The molecule has 9 heteroatoms. The van der Waals surface area contributed by atoms with Gasteiger partial charge in [0.1, 0.15) is 23.2 Å². The summed E-state index contributed by atoms with van der Waals surface area (Å²) in [6, 6.07) is 0.945. The van der Waals surface area contributed by atoms with Crippen LogP contribution in [0.15, 0.2) is 18.2 Å². The van der Waals surface area contributed by atoms with Gasteiger partial charge in [0.15, 0.2) is 10.9 Å². The first-order chi connectivity index (χ1) is 13.7. The number of carbonyl (C=O) groups excluding carboxylic acids is 3. The van der Waals surface area contributed by atoms with Crippen molar-refractivity contribution < 1.29 is 34.1 Å². The number of fused-ring (bicyclic) bond motifs is 2. The summed E-state index contributed by atoms with van der Waals surface area (Å²) in [6.45, 7) is 3.17. The Morgan fingerprint density at radius 3 is 2.69 bits per heavy atom. The highest BCUT2D eigenvalue weighted by atomic mass is 35.5. The molecule has 2 aliphatic rings. The third kappa shape index (κ3) is 5.12. The zero-order valence-corrected chi connectivity index (χ0v) is 17.5. The van der Waals surface area contributed by atoms with Gasteiger partial charge in [-0.3, -0.25) is 9.59 Å². The van der Waals surface area contributed by atoms with E-state index in [0.717, 1.165) is 17.8 Å². The summed E-state index contributed by atoms with van der Waals surface area (Å²) in [6.07, 6.45) is 2.71. The Morgan fingerprint density at radius 1 is 1.28 bits per heavy atom. The van der Waals surface area contributed by atoms with Gasteiger partial charge >= 0.3 is 5.97 Å². The van der Waals surface area contributed by atoms with E-state index in [9.17, 15) is 24.6 Å². The highest BCUT2D eigenvalue weighted by Gasteiger charge is 2.46. The van der Waals surface area contributed by atoms with E-state index < -0.39 is 23.6 Å². The number of cyclic esters (lactones) is 1. The number of allylic oxidation sites excluding steroid dienone is 2. The van der Waals surface area contributed by atoms with Gasteiger partial charge in [0.05, 0.1) is 17.2 Å². The van der Waals surface area contributed by atoms with Crippen molar-refractivity contribution in [3.63, 3.8) is 0 Å². The van der Waals surface area contributed by atoms with Crippen molar-refractivity contribution in [3.8, 4) is 11.5 Å². The van der Waals surface area contributed by atoms with Crippen LogP contribution < -0.4 is 0 Å². The first-order valence-corrected chi connectivity index (χ1v) is 10.4. The molecule has 2 N–H and O–H groups in total. The van der Waals surface area contributed by atoms with E-state index in [-0.39, 0.29) is 50.9 Å². The number of ether oxygens (including phenoxy) is 2. The van der Waals surface area contributed by atoms with Crippen LogP contribution in [0.4, 0.5) is 0 Å². The zero-order chi connectivity index (χ0) is 21.3. The molecule has 0 unspecified atom stereocenters. The van der Waals surface area contributed by atoms with Crippen LogP contribution in [-0.2, 0) is 25.5 Å². The Morgan fingerprint density at radius 2 is 2.00 bits per heavy atom. The standard InChI is InChI=1S/C20H21ClO7S/c1-9-6-15-19(28-15)16(29-10(2)22)5-3-4-11(23)7-12-17(20(26)27-9)13(24)8-14(25)18(12)21/h3-4,8-9,15-16,19,24-25H,5-7H2,1-2H3/t9-,15+,16-,19-/m1/s1. The summed E-state index contributed by atoms with van der Waals surface area (Å²) in [5.74, 6) is -2.17. The molecule has 29 heavy (non-hydrogen) atoms. The number of hydrogen-bond acceptors (Lipinski definition) is 8. The van der Waals surface area contributed by atoms with Crippen molar-refractivity contribution in [1.82, 2.24) is 0 Å². The average Bonchev–Trinajstić information content (AvgIpc) is 3.36. The molecule has 2 aliphatic heterocycles. The molecule has 4 atom stereocenters. The second-order valence-electron chi connectivity index (χ2n) is 7.10. The SMILES string of the molecule is CC(=O)S[C@@H]1CC=CC(=O)Cc2c(Cl)c(O)cc(O)c2C(=O)O[C@H](C)C[C@@H]2O[C@H]21. The van der Waals surface area contributed by atoms with Gasteiger partial charge in [-0.25, -0.2) is 4.79 Å². The molecule has 0 bridgehead atoms. The van der Waals surface area contributed by atoms with Gasteiger partial charge in [-0.15, -0.1) is 0 Å². The quantitative estimate of drug-likeness (QED) is 0.505. The van der Waals surface area contributed by atoms with E-state index >= 15 is 0 Å². The fourth-order valence-electron chi connectivity index (χ4n) is 3.40. The summed E-state index contributed by atoms with van der Waals surface area (Å²) in [7, 11) is 0. The Kier molecular flexibility index (Phi) is 6.55. The Labute approximate surface area is 177 Å². The smallest absolute Gasteiger partial charge is 0.342 e. The van der Waals surface area contributed by atoms with Gasteiger partial charge < -0.3 is 19.7 Å². The van der Waals surface area contributed by atoms with Crippen LogP contribution in [0.2, 0.25) is 5.02 Å². The largest absolute Gasteiger partial charge is 0.507 e. The van der Waals surface area contributed by atoms with E-state index in [4.69, 9.17) is 21.1 Å². The molecule has 1 aromatic rings. The van der Waals surface area contributed by atoms with E-state index in [1.54, 1.807) is 13.0 Å². The lowest BCUT2D eigenvalue weighted by atomic mass is 9.99. The topological polar surface area (TPSA) is 113 Å². The molecule has 0 saturated carbocycles. The Hall–Kier alpha value is -2.03. The number of esters is 1. The minimum absolute atomic E-state index is 0.00304. The van der Waals surface area contributed by atoms with Gasteiger partial charge in [-0.2, -0.15) is 0 Å². The summed E-state index contributed by atoms with van der Waals surface area (Å²) in [4.78, 5) is 36.6. The molecule has 0 radical (unpaired) electrons. The normalized spacial score (nSPS) is 27.4. The van der Waals surface area contributed by atoms with E-state index in [1.165, 1.54) is 13.0 Å². The van der Waals surface area contributed by atoms with Crippen LogP contribution in [0.3, 0.4) is 0 Å². The van der Waals surface area contributed by atoms with E-state index in [0.29, 0.717) is 12.8 Å². The number of ketones is 1. The van der Waals surface area contributed by atoms with Crippen LogP contribution in [0.5, 0.6) is 11.5 Å². The van der Waals surface area contributed by atoms with Crippen molar-refractivity contribution in [2.45, 2.75) is 56.7 Å². The van der Waals surface area contributed by atoms with Crippen LogP contribution in [0.1, 0.15) is 42.6 Å². The van der Waals surface area contributed by atoms with Crippen molar-refractivity contribution in [1.29, 1.82) is 0 Å². The van der Waals surface area contributed by atoms with Crippen LogP contribution in [0, 0.1) is 0 Å². The average molecular weight is 441 g/mol. The maximum absolute atomic E-state index is 12.7. The number of phenolic OH excluding ortho intramolecular Hbond substituents is 2. The third-order valence-corrected chi connectivity index (χ3v) is 6.24. The number of hydrogen-bond donors (Lipinski definition) is 2. The Bertz CT molecular complexity index is 882. The molecular weight excluding hydrogens is 420 g/mol. The Balaban J connectivity index is 1.95. The number of carbonyl (C=O) groups is 3. The summed E-state index contributed by atoms with van der Waals surface area (Å²) < 4.78 is 11.1. The molecule has 0 amide bonds. The molecule has 0 aliphatic carbocycles. The number of phenols is 2. The summed E-state index contributed by atoms with van der Waals surface area (Å²) in [5.41, 5.74) is -0.236. The lowest BCUT2D eigenvalue weighted by molar-refractivity contribution is -0.114. The molecule has 3 rings (SSSR count). The first kappa shape index (κ1) is 21.7. The highest BCUT2D eigenvalue weighted by Crippen LogP contribution is 2.40. The van der Waals surface area contributed by atoms with Crippen LogP contribution in [-0.4, -0.2) is 50.6 Å². The zero-order valence-electron chi connectivity index (χ0n) is 15.9. The van der Waals surface area contributed by atoms with Crippen LogP contribution in [0.25, 0.3) is 0 Å². The third-order valence-electron chi connectivity index (χ3n) is 4.73. The molecule has 0 spiro atoms. The second kappa shape index (κ2) is 8.77. The van der Waals surface area contributed by atoms with Gasteiger partial charge in [0.25, 0.3) is 0 Å². The molecule has 2 heterocycles. The maximum atomic E-state index is 12.7. The number of aromatic hydroxyl groups is 2. The number of epoxide rings is 1. The molecule has 1 aromatic carbocycles. The molecule has 1 fully saturated rings. The molecule has 7 nitrogen and oxygen atoms in total. The molecular formula is C20H21ClO7S. The molecule has 1 saturated heterocycles. The monoisotopic (exact) mass is 440 g/mol.